The van der Waals surface area contributed by atoms with Gasteiger partial charge in [-0.05, 0) is 36.2 Å². The van der Waals surface area contributed by atoms with Gasteiger partial charge in [-0.3, -0.25) is 4.79 Å². The zero-order valence-electron chi connectivity index (χ0n) is 12.8. The molecule has 0 spiro atoms. The molecule has 2 aromatic rings. The molecule has 1 unspecified atom stereocenters. The van der Waals surface area contributed by atoms with Crippen LogP contribution in [0, 0.1) is 6.92 Å². The van der Waals surface area contributed by atoms with E-state index >= 15 is 0 Å². The molecule has 1 aliphatic rings. The molecule has 1 aliphatic heterocycles. The fourth-order valence-electron chi connectivity index (χ4n) is 2.79. The van der Waals surface area contributed by atoms with E-state index in [1.54, 1.807) is 4.90 Å². The Hall–Kier alpha value is -2.55. The molecule has 0 fully saturated rings. The largest absolute Gasteiger partial charge is 0.512 e. The van der Waals surface area contributed by atoms with E-state index in [9.17, 15) is 9.90 Å². The topological polar surface area (TPSA) is 40.5 Å². The van der Waals surface area contributed by atoms with Crippen LogP contribution >= 0.6 is 0 Å². The van der Waals surface area contributed by atoms with Crippen LogP contribution in [0.3, 0.4) is 0 Å². The van der Waals surface area contributed by atoms with Crippen LogP contribution in [0.4, 0.5) is 5.69 Å². The molecular weight excluding hydrogens is 274 g/mol. The first-order chi connectivity index (χ1) is 10.5. The van der Waals surface area contributed by atoms with Gasteiger partial charge in [-0.1, -0.05) is 43.3 Å². The first-order valence-corrected chi connectivity index (χ1v) is 7.36. The van der Waals surface area contributed by atoms with Gasteiger partial charge in [0.1, 0.15) is 0 Å². The van der Waals surface area contributed by atoms with Crippen molar-refractivity contribution >= 4 is 11.6 Å². The Kier molecular flexibility index (Phi) is 3.49. The average Bonchev–Trinajstić information content (AvgIpc) is 2.83. The van der Waals surface area contributed by atoms with Crippen molar-refractivity contribution in [1.82, 2.24) is 0 Å². The number of benzene rings is 2. The molecule has 0 aromatic heterocycles. The second-order valence-electron chi connectivity index (χ2n) is 5.86. The van der Waals surface area contributed by atoms with E-state index < -0.39 is 0 Å². The van der Waals surface area contributed by atoms with E-state index in [-0.39, 0.29) is 17.6 Å². The van der Waals surface area contributed by atoms with Crippen molar-refractivity contribution in [2.75, 3.05) is 4.90 Å². The van der Waals surface area contributed by atoms with E-state index in [4.69, 9.17) is 0 Å². The summed E-state index contributed by atoms with van der Waals surface area (Å²) >= 11 is 0. The minimum Gasteiger partial charge on any atom is -0.512 e. The number of allylic oxidation sites excluding steroid dienone is 1. The number of fused-ring (bicyclic) bond motifs is 1. The smallest absolute Gasteiger partial charge is 0.258 e. The summed E-state index contributed by atoms with van der Waals surface area (Å²) in [6.07, 6.45) is 0. The summed E-state index contributed by atoms with van der Waals surface area (Å²) in [6.45, 7) is 8.11. The number of aliphatic hydroxyl groups excluding tert-OH is 1. The fraction of sp³-hybridized carbons (Fsp3) is 0.211. The van der Waals surface area contributed by atoms with Gasteiger partial charge in [-0.15, -0.1) is 0 Å². The van der Waals surface area contributed by atoms with Crippen molar-refractivity contribution in [3.8, 4) is 0 Å². The lowest BCUT2D eigenvalue weighted by molar-refractivity contribution is 0.0996. The van der Waals surface area contributed by atoms with Gasteiger partial charge >= 0.3 is 0 Å². The number of amides is 1. The first kappa shape index (κ1) is 14.4. The highest BCUT2D eigenvalue weighted by atomic mass is 16.3. The number of carbonyl (C=O) groups excluding carboxylic acids is 1. The highest BCUT2D eigenvalue weighted by Crippen LogP contribution is 2.30. The van der Waals surface area contributed by atoms with E-state index in [1.807, 2.05) is 50.2 Å². The molecule has 3 nitrogen and oxygen atoms in total. The van der Waals surface area contributed by atoms with Gasteiger partial charge < -0.3 is 10.0 Å². The molecule has 0 saturated heterocycles. The first-order valence-electron chi connectivity index (χ1n) is 7.36. The second-order valence-corrected chi connectivity index (χ2v) is 5.86. The monoisotopic (exact) mass is 293 g/mol. The molecule has 1 N–H and O–H groups in total. The highest BCUT2D eigenvalue weighted by Gasteiger charge is 2.28. The molecular formula is C19H19NO2. The summed E-state index contributed by atoms with van der Waals surface area (Å²) in [5, 5.41) is 9.48. The maximum Gasteiger partial charge on any atom is 0.258 e. The molecule has 3 heteroatoms. The third-order valence-electron chi connectivity index (χ3n) is 4.27. The normalized spacial score (nSPS) is 14.8. The average molecular weight is 293 g/mol. The fourth-order valence-corrected chi connectivity index (χ4v) is 2.79. The Labute approximate surface area is 130 Å². The van der Waals surface area contributed by atoms with Crippen molar-refractivity contribution in [2.24, 2.45) is 0 Å². The van der Waals surface area contributed by atoms with E-state index in [0.717, 1.165) is 22.4 Å². The second kappa shape index (κ2) is 5.34. The summed E-state index contributed by atoms with van der Waals surface area (Å²) in [4.78, 5) is 14.3. The Balaban J connectivity index is 1.87. The summed E-state index contributed by atoms with van der Waals surface area (Å²) < 4.78 is 0. The lowest BCUT2D eigenvalue weighted by Crippen LogP contribution is -2.22. The van der Waals surface area contributed by atoms with Crippen LogP contribution in [0.25, 0.3) is 0 Å². The molecule has 1 heterocycles. The third-order valence-corrected chi connectivity index (χ3v) is 4.27. The summed E-state index contributed by atoms with van der Waals surface area (Å²) in [7, 11) is 0. The molecule has 1 atom stereocenters. The van der Waals surface area contributed by atoms with Gasteiger partial charge in [0.15, 0.2) is 0 Å². The van der Waals surface area contributed by atoms with Crippen molar-refractivity contribution in [2.45, 2.75) is 26.3 Å². The van der Waals surface area contributed by atoms with Gasteiger partial charge in [-0.2, -0.15) is 0 Å². The Morgan fingerprint density at radius 2 is 1.91 bits per heavy atom. The van der Waals surface area contributed by atoms with Gasteiger partial charge in [0.2, 0.25) is 0 Å². The number of aryl methyl sites for hydroxylation is 1. The van der Waals surface area contributed by atoms with Crippen molar-refractivity contribution in [3.63, 3.8) is 0 Å². The zero-order chi connectivity index (χ0) is 15.9. The molecule has 3 rings (SSSR count). The maximum atomic E-state index is 12.5. The third kappa shape index (κ3) is 2.39. The maximum absolute atomic E-state index is 12.5. The van der Waals surface area contributed by atoms with E-state index in [0.29, 0.717) is 6.54 Å². The molecule has 22 heavy (non-hydrogen) atoms. The predicted molar refractivity (Wildman–Crippen MR) is 88.3 cm³/mol. The quantitative estimate of drug-likeness (QED) is 0.856. The molecule has 0 aliphatic carbocycles. The molecule has 112 valence electrons. The number of hydrogen-bond acceptors (Lipinski definition) is 2. The van der Waals surface area contributed by atoms with Gasteiger partial charge in [0.05, 0.1) is 12.3 Å². The number of aliphatic hydroxyl groups is 1. The summed E-state index contributed by atoms with van der Waals surface area (Å²) in [5.41, 5.74) is 4.88. The Morgan fingerprint density at radius 3 is 2.55 bits per heavy atom. The Morgan fingerprint density at radius 1 is 1.23 bits per heavy atom. The van der Waals surface area contributed by atoms with Crippen LogP contribution in [-0.2, 0) is 6.54 Å². The number of rotatable bonds is 3. The van der Waals surface area contributed by atoms with Crippen LogP contribution in [0.15, 0.2) is 54.8 Å². The molecule has 0 bridgehead atoms. The number of hydrogen-bond donors (Lipinski definition) is 1. The molecule has 0 saturated carbocycles. The van der Waals surface area contributed by atoms with Gasteiger partial charge in [-0.25, -0.2) is 0 Å². The van der Waals surface area contributed by atoms with E-state index in [1.165, 1.54) is 5.56 Å². The number of anilines is 1. The highest BCUT2D eigenvalue weighted by molar-refractivity contribution is 6.10. The lowest BCUT2D eigenvalue weighted by Gasteiger charge is -2.17. The van der Waals surface area contributed by atoms with Crippen LogP contribution in [0.1, 0.15) is 39.9 Å². The van der Waals surface area contributed by atoms with Gasteiger partial charge in [0.25, 0.3) is 5.91 Å². The molecule has 1 amide bonds. The SMILES string of the molecule is C=C(O)C(C)c1ccc(N2Cc3cc(C)ccc3C2=O)cc1. The summed E-state index contributed by atoms with van der Waals surface area (Å²) in [6, 6.07) is 13.7. The number of carbonyl (C=O) groups is 1. The minimum absolute atomic E-state index is 0.0439. The molecule has 0 radical (unpaired) electrons. The van der Waals surface area contributed by atoms with Crippen LogP contribution in [0.2, 0.25) is 0 Å². The Bertz CT molecular complexity index is 747. The van der Waals surface area contributed by atoms with Crippen LogP contribution in [-0.4, -0.2) is 11.0 Å². The van der Waals surface area contributed by atoms with Crippen molar-refractivity contribution in [1.29, 1.82) is 0 Å². The number of nitrogens with zero attached hydrogens (tertiary/aromatic N) is 1. The molecule has 2 aromatic carbocycles. The summed E-state index contributed by atoms with van der Waals surface area (Å²) in [5.74, 6) is 0.0819. The predicted octanol–water partition coefficient (Wildman–Crippen LogP) is 4.33. The standard InChI is InChI=1S/C19H19NO2/c1-12-4-9-18-16(10-12)11-20(19(18)22)17-7-5-15(6-8-17)13(2)14(3)21/h4-10,13,21H,3,11H2,1-2H3. The van der Waals surface area contributed by atoms with Crippen molar-refractivity contribution in [3.05, 3.63) is 77.1 Å². The van der Waals surface area contributed by atoms with Crippen LogP contribution < -0.4 is 4.90 Å². The van der Waals surface area contributed by atoms with E-state index in [2.05, 4.69) is 12.6 Å². The van der Waals surface area contributed by atoms with Gasteiger partial charge in [0, 0.05) is 17.2 Å². The van der Waals surface area contributed by atoms with Crippen molar-refractivity contribution < 1.29 is 9.90 Å². The lowest BCUT2D eigenvalue weighted by atomic mass is 9.99. The minimum atomic E-state index is -0.108. The zero-order valence-corrected chi connectivity index (χ0v) is 12.8. The van der Waals surface area contributed by atoms with Crippen LogP contribution in [0.5, 0.6) is 0 Å².